The Morgan fingerprint density at radius 3 is 2.54 bits per heavy atom. The van der Waals surface area contributed by atoms with Gasteiger partial charge in [0.15, 0.2) is 0 Å². The molecule has 134 valence electrons. The van der Waals surface area contributed by atoms with E-state index in [1.54, 1.807) is 25.7 Å². The van der Waals surface area contributed by atoms with Gasteiger partial charge in [0, 0.05) is 19.0 Å². The normalized spacial score (nSPS) is 18.6. The number of ether oxygens (including phenoxy) is 2. The molecule has 1 heterocycles. The lowest BCUT2D eigenvalue weighted by Crippen LogP contribution is -2.35. The summed E-state index contributed by atoms with van der Waals surface area (Å²) in [6.45, 7) is 6.43. The molecule has 4 nitrogen and oxygen atoms in total. The summed E-state index contributed by atoms with van der Waals surface area (Å²) in [5, 5.41) is 0. The number of halogens is 3. The summed E-state index contributed by atoms with van der Waals surface area (Å²) in [7, 11) is 0. The molecule has 24 heavy (non-hydrogen) atoms. The fourth-order valence-electron chi connectivity index (χ4n) is 2.50. The van der Waals surface area contributed by atoms with Gasteiger partial charge in [-0.1, -0.05) is 12.1 Å². The van der Waals surface area contributed by atoms with E-state index < -0.39 is 23.4 Å². The van der Waals surface area contributed by atoms with Gasteiger partial charge in [-0.15, -0.1) is 0 Å². The standard InChI is InChI=1S/C17H22F3NO3/c1-16(2,3)24-15(22)21-9-8-12(10-21)11-23-14-7-5-4-6-13(14)17(18,19)20/h4-7,12H,8-11H2,1-3H3/t12-/m1/s1. The Kier molecular flexibility index (Phi) is 5.30. The van der Waals surface area contributed by atoms with E-state index in [4.69, 9.17) is 9.47 Å². The lowest BCUT2D eigenvalue weighted by Gasteiger charge is -2.24. The van der Waals surface area contributed by atoms with Crippen LogP contribution in [0.1, 0.15) is 32.8 Å². The van der Waals surface area contributed by atoms with Crippen LogP contribution in [-0.2, 0) is 10.9 Å². The van der Waals surface area contributed by atoms with Crippen molar-refractivity contribution in [3.05, 3.63) is 29.8 Å². The zero-order chi connectivity index (χ0) is 18.0. The molecule has 1 aliphatic rings. The third-order valence-electron chi connectivity index (χ3n) is 3.60. The first-order valence-corrected chi connectivity index (χ1v) is 7.83. The number of alkyl halides is 3. The number of carbonyl (C=O) groups is 1. The molecule has 0 aliphatic carbocycles. The second-order valence-corrected chi connectivity index (χ2v) is 6.89. The highest BCUT2D eigenvalue weighted by Crippen LogP contribution is 2.36. The number of nitrogens with zero attached hydrogens (tertiary/aromatic N) is 1. The summed E-state index contributed by atoms with van der Waals surface area (Å²) in [5.41, 5.74) is -1.36. The van der Waals surface area contributed by atoms with Gasteiger partial charge in [-0.2, -0.15) is 13.2 Å². The summed E-state index contributed by atoms with van der Waals surface area (Å²) in [5.74, 6) is -0.195. The molecule has 0 aromatic heterocycles. The highest BCUT2D eigenvalue weighted by molar-refractivity contribution is 5.68. The minimum absolute atomic E-state index is 0.0150. The number of likely N-dealkylation sites (tertiary alicyclic amines) is 1. The van der Waals surface area contributed by atoms with Gasteiger partial charge in [0.25, 0.3) is 0 Å². The van der Waals surface area contributed by atoms with Gasteiger partial charge in [-0.3, -0.25) is 0 Å². The van der Waals surface area contributed by atoms with Crippen LogP contribution < -0.4 is 4.74 Å². The average molecular weight is 345 g/mol. The molecule has 0 radical (unpaired) electrons. The van der Waals surface area contributed by atoms with Gasteiger partial charge in [-0.25, -0.2) is 4.79 Å². The minimum Gasteiger partial charge on any atom is -0.493 e. The van der Waals surface area contributed by atoms with E-state index in [0.717, 1.165) is 6.07 Å². The van der Waals surface area contributed by atoms with Crippen LogP contribution in [0.3, 0.4) is 0 Å². The summed E-state index contributed by atoms with van der Waals surface area (Å²) in [4.78, 5) is 13.5. The quantitative estimate of drug-likeness (QED) is 0.818. The molecule has 1 atom stereocenters. The Bertz CT molecular complexity index is 581. The smallest absolute Gasteiger partial charge is 0.419 e. The molecular formula is C17H22F3NO3. The Hall–Kier alpha value is -1.92. The van der Waals surface area contributed by atoms with Crippen LogP contribution in [0.25, 0.3) is 0 Å². The zero-order valence-corrected chi connectivity index (χ0v) is 14.0. The molecule has 2 rings (SSSR count). The summed E-state index contributed by atoms with van der Waals surface area (Å²) < 4.78 is 49.4. The number of carbonyl (C=O) groups excluding carboxylic acids is 1. The van der Waals surface area contributed by atoms with Crippen LogP contribution in [0, 0.1) is 5.92 Å². The molecule has 0 saturated carbocycles. The number of rotatable bonds is 3. The van der Waals surface area contributed by atoms with Crippen LogP contribution in [0.4, 0.5) is 18.0 Å². The molecule has 7 heteroatoms. The van der Waals surface area contributed by atoms with Crippen LogP contribution >= 0.6 is 0 Å². The molecule has 0 spiro atoms. The van der Waals surface area contributed by atoms with Gasteiger partial charge in [0.2, 0.25) is 0 Å². The maximum absolute atomic E-state index is 12.9. The van der Waals surface area contributed by atoms with Crippen molar-refractivity contribution in [3.63, 3.8) is 0 Å². The first-order chi connectivity index (χ1) is 11.1. The lowest BCUT2D eigenvalue weighted by atomic mass is 10.1. The van der Waals surface area contributed by atoms with E-state index in [2.05, 4.69) is 0 Å². The summed E-state index contributed by atoms with van der Waals surface area (Å²) in [6.07, 6.45) is -4.18. The molecule has 1 amide bonds. The third kappa shape index (κ3) is 5.04. The summed E-state index contributed by atoms with van der Waals surface area (Å²) >= 11 is 0. The highest BCUT2D eigenvalue weighted by Gasteiger charge is 2.35. The van der Waals surface area contributed by atoms with Gasteiger partial charge >= 0.3 is 12.3 Å². The SMILES string of the molecule is CC(C)(C)OC(=O)N1CC[C@@H](COc2ccccc2C(F)(F)F)C1. The first-order valence-electron chi connectivity index (χ1n) is 7.83. The second-order valence-electron chi connectivity index (χ2n) is 6.89. The highest BCUT2D eigenvalue weighted by atomic mass is 19.4. The van der Waals surface area contributed by atoms with Gasteiger partial charge < -0.3 is 14.4 Å². The van der Waals surface area contributed by atoms with Crippen molar-refractivity contribution in [2.24, 2.45) is 5.92 Å². The van der Waals surface area contributed by atoms with E-state index in [0.29, 0.717) is 19.5 Å². The van der Waals surface area contributed by atoms with Crippen molar-refractivity contribution in [2.75, 3.05) is 19.7 Å². The summed E-state index contributed by atoms with van der Waals surface area (Å²) in [6, 6.07) is 5.14. The predicted molar refractivity (Wildman–Crippen MR) is 82.9 cm³/mol. The van der Waals surface area contributed by atoms with Crippen molar-refractivity contribution in [3.8, 4) is 5.75 Å². The third-order valence-corrected chi connectivity index (χ3v) is 3.60. The Balaban J connectivity index is 1.90. The monoisotopic (exact) mass is 345 g/mol. The second kappa shape index (κ2) is 6.91. The number of hydrogen-bond donors (Lipinski definition) is 0. The van der Waals surface area contributed by atoms with E-state index in [1.807, 2.05) is 0 Å². The largest absolute Gasteiger partial charge is 0.493 e. The van der Waals surface area contributed by atoms with E-state index in [1.165, 1.54) is 18.2 Å². The van der Waals surface area contributed by atoms with Gasteiger partial charge in [0.1, 0.15) is 11.4 Å². The van der Waals surface area contributed by atoms with Crippen molar-refractivity contribution in [1.29, 1.82) is 0 Å². The van der Waals surface area contributed by atoms with Crippen molar-refractivity contribution < 1.29 is 27.4 Å². The van der Waals surface area contributed by atoms with Crippen molar-refractivity contribution in [2.45, 2.75) is 39.0 Å². The lowest BCUT2D eigenvalue weighted by molar-refractivity contribution is -0.139. The van der Waals surface area contributed by atoms with Crippen LogP contribution in [0.5, 0.6) is 5.75 Å². The van der Waals surface area contributed by atoms with Crippen LogP contribution in [-0.4, -0.2) is 36.3 Å². The molecule has 0 N–H and O–H groups in total. The molecule has 1 aliphatic heterocycles. The zero-order valence-electron chi connectivity index (χ0n) is 14.0. The number of amides is 1. The van der Waals surface area contributed by atoms with E-state index in [9.17, 15) is 18.0 Å². The molecule has 1 aromatic rings. The predicted octanol–water partition coefficient (Wildman–Crippen LogP) is 4.34. The van der Waals surface area contributed by atoms with Crippen LogP contribution in [0.2, 0.25) is 0 Å². The Morgan fingerprint density at radius 2 is 1.92 bits per heavy atom. The average Bonchev–Trinajstić information content (AvgIpc) is 2.91. The fourth-order valence-corrected chi connectivity index (χ4v) is 2.50. The van der Waals surface area contributed by atoms with Crippen molar-refractivity contribution >= 4 is 6.09 Å². The fraction of sp³-hybridized carbons (Fsp3) is 0.588. The maximum Gasteiger partial charge on any atom is 0.419 e. The molecule has 0 unspecified atom stereocenters. The number of benzene rings is 1. The molecule has 1 aromatic carbocycles. The Labute approximate surface area is 139 Å². The Morgan fingerprint density at radius 1 is 1.25 bits per heavy atom. The molecule has 1 fully saturated rings. The maximum atomic E-state index is 12.9. The topological polar surface area (TPSA) is 38.8 Å². The van der Waals surface area contributed by atoms with E-state index in [-0.39, 0.29) is 18.3 Å². The molecule has 0 bridgehead atoms. The molecule has 1 saturated heterocycles. The van der Waals surface area contributed by atoms with Crippen molar-refractivity contribution in [1.82, 2.24) is 4.90 Å². The van der Waals surface area contributed by atoms with Gasteiger partial charge in [-0.05, 0) is 39.3 Å². The number of hydrogen-bond acceptors (Lipinski definition) is 3. The number of para-hydroxylation sites is 1. The van der Waals surface area contributed by atoms with Gasteiger partial charge in [0.05, 0.1) is 12.2 Å². The minimum atomic E-state index is -4.45. The molecular weight excluding hydrogens is 323 g/mol. The van der Waals surface area contributed by atoms with E-state index >= 15 is 0 Å². The first kappa shape index (κ1) is 18.4. The van der Waals surface area contributed by atoms with Crippen LogP contribution in [0.15, 0.2) is 24.3 Å².